The minimum absolute atomic E-state index is 0.0601. The maximum atomic E-state index is 12.0. The van der Waals surface area contributed by atoms with Crippen molar-refractivity contribution in [1.82, 2.24) is 5.32 Å². The summed E-state index contributed by atoms with van der Waals surface area (Å²) in [6, 6.07) is 10.9. The third-order valence-corrected chi connectivity index (χ3v) is 3.31. The van der Waals surface area contributed by atoms with E-state index in [1.807, 2.05) is 30.3 Å². The number of nitrogens with zero attached hydrogens (tertiary/aromatic N) is 1. The average molecular weight is 284 g/mol. The van der Waals surface area contributed by atoms with Crippen molar-refractivity contribution in [3.8, 4) is 6.07 Å². The summed E-state index contributed by atoms with van der Waals surface area (Å²) in [5, 5.41) is 12.0. The van der Waals surface area contributed by atoms with Crippen molar-refractivity contribution in [1.29, 1.82) is 5.26 Å². The van der Waals surface area contributed by atoms with E-state index in [9.17, 15) is 10.1 Å². The molecule has 0 heterocycles. The molecule has 0 aliphatic heterocycles. The molecular weight excluding hydrogens is 260 g/mol. The Balaban J connectivity index is 2.45. The first kappa shape index (κ1) is 17.0. The molecule has 0 aliphatic carbocycles. The summed E-state index contributed by atoms with van der Waals surface area (Å²) in [5.74, 6) is 0.255. The van der Waals surface area contributed by atoms with Crippen LogP contribution in [0, 0.1) is 17.2 Å². The molecule has 1 aromatic carbocycles. The second kappa shape index (κ2) is 8.97. The van der Waals surface area contributed by atoms with Crippen LogP contribution in [0.2, 0.25) is 0 Å². The molecule has 0 bridgehead atoms. The van der Waals surface area contributed by atoms with Gasteiger partial charge in [-0.25, -0.2) is 0 Å². The molecule has 1 rings (SSSR count). The number of benzene rings is 1. The van der Waals surface area contributed by atoms with Crippen LogP contribution in [0.5, 0.6) is 0 Å². The zero-order valence-electron chi connectivity index (χ0n) is 13.1. The molecule has 0 fully saturated rings. The fraction of sp³-hybridized carbons (Fsp3) is 0.444. The molecule has 2 unspecified atom stereocenters. The number of nitrogens with one attached hydrogen (secondary N) is 1. The van der Waals surface area contributed by atoms with Gasteiger partial charge in [0.05, 0.1) is 6.07 Å². The summed E-state index contributed by atoms with van der Waals surface area (Å²) in [6.45, 7) is 6.23. The van der Waals surface area contributed by atoms with Crippen LogP contribution in [0.1, 0.15) is 51.6 Å². The molecule has 21 heavy (non-hydrogen) atoms. The van der Waals surface area contributed by atoms with Crippen LogP contribution in [-0.2, 0) is 4.79 Å². The van der Waals surface area contributed by atoms with Gasteiger partial charge in [0.1, 0.15) is 6.04 Å². The Bertz CT molecular complexity index is 510. The fourth-order valence-electron chi connectivity index (χ4n) is 2.13. The Morgan fingerprint density at radius 2 is 2.00 bits per heavy atom. The van der Waals surface area contributed by atoms with E-state index in [1.54, 1.807) is 0 Å². The second-order valence-corrected chi connectivity index (χ2v) is 5.71. The van der Waals surface area contributed by atoms with Gasteiger partial charge < -0.3 is 5.32 Å². The van der Waals surface area contributed by atoms with Crippen molar-refractivity contribution >= 4 is 5.91 Å². The van der Waals surface area contributed by atoms with Gasteiger partial charge in [-0.05, 0) is 38.2 Å². The maximum Gasteiger partial charge on any atom is 0.221 e. The first-order chi connectivity index (χ1) is 10.0. The van der Waals surface area contributed by atoms with Gasteiger partial charge in [0.2, 0.25) is 5.91 Å². The van der Waals surface area contributed by atoms with Crippen LogP contribution in [0.25, 0.3) is 0 Å². The molecule has 1 amide bonds. The average Bonchev–Trinajstić information content (AvgIpc) is 2.45. The molecule has 112 valence electrons. The van der Waals surface area contributed by atoms with E-state index in [2.05, 4.69) is 38.2 Å². The van der Waals surface area contributed by atoms with Gasteiger partial charge in [0, 0.05) is 6.42 Å². The van der Waals surface area contributed by atoms with Crippen molar-refractivity contribution in [2.24, 2.45) is 5.92 Å². The topological polar surface area (TPSA) is 52.9 Å². The zero-order valence-corrected chi connectivity index (χ0v) is 13.1. The van der Waals surface area contributed by atoms with Crippen LogP contribution in [0.15, 0.2) is 42.0 Å². The Labute approximate surface area is 127 Å². The van der Waals surface area contributed by atoms with E-state index in [4.69, 9.17) is 0 Å². The SMILES string of the molecule is CC(C)=CCCC(C)CC(=O)NC(C#N)c1ccccc1. The number of carbonyl (C=O) groups is 1. The number of rotatable bonds is 7. The number of hydrogen-bond donors (Lipinski definition) is 1. The standard InChI is InChI=1S/C18H24N2O/c1-14(2)8-7-9-15(3)12-18(21)20-17(13-19)16-10-5-4-6-11-16/h4-6,8,10-11,15,17H,7,9,12H2,1-3H3,(H,20,21). The van der Waals surface area contributed by atoms with Crippen LogP contribution in [0.3, 0.4) is 0 Å². The minimum atomic E-state index is -0.566. The van der Waals surface area contributed by atoms with Crippen molar-refractivity contribution in [3.63, 3.8) is 0 Å². The third-order valence-electron chi connectivity index (χ3n) is 3.31. The Morgan fingerprint density at radius 1 is 1.33 bits per heavy atom. The molecule has 0 aliphatic rings. The van der Waals surface area contributed by atoms with Crippen LogP contribution in [0.4, 0.5) is 0 Å². The molecule has 1 aromatic rings. The molecule has 0 radical (unpaired) electrons. The lowest BCUT2D eigenvalue weighted by molar-refractivity contribution is -0.122. The zero-order chi connectivity index (χ0) is 15.7. The summed E-state index contributed by atoms with van der Waals surface area (Å²) in [6.07, 6.45) is 4.64. The van der Waals surface area contributed by atoms with Gasteiger partial charge >= 0.3 is 0 Å². The van der Waals surface area contributed by atoms with Crippen LogP contribution < -0.4 is 5.32 Å². The van der Waals surface area contributed by atoms with E-state index in [0.717, 1.165) is 18.4 Å². The molecule has 0 aromatic heterocycles. The van der Waals surface area contributed by atoms with Crippen LogP contribution in [-0.4, -0.2) is 5.91 Å². The molecule has 0 saturated heterocycles. The predicted octanol–water partition coefficient (Wildman–Crippen LogP) is 4.14. The van der Waals surface area contributed by atoms with E-state index in [1.165, 1.54) is 5.57 Å². The molecule has 1 N–H and O–H groups in total. The van der Waals surface area contributed by atoms with Gasteiger partial charge in [-0.2, -0.15) is 5.26 Å². The van der Waals surface area contributed by atoms with E-state index in [0.29, 0.717) is 12.3 Å². The summed E-state index contributed by atoms with van der Waals surface area (Å²) in [4.78, 5) is 12.0. The summed E-state index contributed by atoms with van der Waals surface area (Å²) in [5.41, 5.74) is 2.13. The Hall–Kier alpha value is -2.08. The monoisotopic (exact) mass is 284 g/mol. The fourth-order valence-corrected chi connectivity index (χ4v) is 2.13. The Kier molecular flexibility index (Phi) is 7.25. The number of amides is 1. The van der Waals surface area contributed by atoms with E-state index in [-0.39, 0.29) is 5.91 Å². The molecule has 0 spiro atoms. The van der Waals surface area contributed by atoms with Gasteiger partial charge in [-0.1, -0.05) is 48.9 Å². The van der Waals surface area contributed by atoms with Crippen molar-refractivity contribution < 1.29 is 4.79 Å². The van der Waals surface area contributed by atoms with E-state index >= 15 is 0 Å². The van der Waals surface area contributed by atoms with Crippen molar-refractivity contribution in [2.75, 3.05) is 0 Å². The highest BCUT2D eigenvalue weighted by Crippen LogP contribution is 2.15. The lowest BCUT2D eigenvalue weighted by Gasteiger charge is -2.14. The lowest BCUT2D eigenvalue weighted by atomic mass is 10.00. The second-order valence-electron chi connectivity index (χ2n) is 5.71. The number of hydrogen-bond acceptors (Lipinski definition) is 2. The maximum absolute atomic E-state index is 12.0. The highest BCUT2D eigenvalue weighted by Gasteiger charge is 2.15. The van der Waals surface area contributed by atoms with E-state index < -0.39 is 6.04 Å². The lowest BCUT2D eigenvalue weighted by Crippen LogP contribution is -2.28. The predicted molar refractivity (Wildman–Crippen MR) is 85.4 cm³/mol. The first-order valence-corrected chi connectivity index (χ1v) is 7.40. The quantitative estimate of drug-likeness (QED) is 0.765. The third kappa shape index (κ3) is 6.76. The first-order valence-electron chi connectivity index (χ1n) is 7.40. The smallest absolute Gasteiger partial charge is 0.221 e. The highest BCUT2D eigenvalue weighted by molar-refractivity contribution is 5.77. The Morgan fingerprint density at radius 3 is 2.57 bits per heavy atom. The molecule has 2 atom stereocenters. The molecule has 3 nitrogen and oxygen atoms in total. The summed E-state index contributed by atoms with van der Waals surface area (Å²) in [7, 11) is 0. The van der Waals surface area contributed by atoms with Crippen molar-refractivity contribution in [2.45, 2.75) is 46.1 Å². The van der Waals surface area contributed by atoms with Gasteiger partial charge in [-0.15, -0.1) is 0 Å². The molecular formula is C18H24N2O. The van der Waals surface area contributed by atoms with Gasteiger partial charge in [-0.3, -0.25) is 4.79 Å². The highest BCUT2D eigenvalue weighted by atomic mass is 16.1. The summed E-state index contributed by atoms with van der Waals surface area (Å²) < 4.78 is 0. The summed E-state index contributed by atoms with van der Waals surface area (Å²) >= 11 is 0. The molecule has 0 saturated carbocycles. The van der Waals surface area contributed by atoms with Gasteiger partial charge in [0.15, 0.2) is 0 Å². The normalized spacial score (nSPS) is 12.9. The van der Waals surface area contributed by atoms with Crippen LogP contribution >= 0.6 is 0 Å². The minimum Gasteiger partial charge on any atom is -0.337 e. The van der Waals surface area contributed by atoms with Gasteiger partial charge in [0.25, 0.3) is 0 Å². The largest absolute Gasteiger partial charge is 0.337 e. The molecule has 3 heteroatoms. The van der Waals surface area contributed by atoms with Crippen molar-refractivity contribution in [3.05, 3.63) is 47.5 Å². The number of allylic oxidation sites excluding steroid dienone is 2. The number of carbonyl (C=O) groups excluding carboxylic acids is 1. The number of nitriles is 1.